The molecule has 1 aliphatic heterocycles. The summed E-state index contributed by atoms with van der Waals surface area (Å²) in [4.78, 5) is 16.8. The lowest BCUT2D eigenvalue weighted by molar-refractivity contribution is 0.0912. The molecule has 0 spiro atoms. The van der Waals surface area contributed by atoms with Gasteiger partial charge in [-0.1, -0.05) is 0 Å². The number of piperidine rings is 1. The number of amides is 1. The second-order valence-electron chi connectivity index (χ2n) is 7.92. The van der Waals surface area contributed by atoms with Crippen molar-refractivity contribution in [1.82, 2.24) is 24.2 Å². The maximum atomic E-state index is 12.5. The number of hydrogen-bond acceptors (Lipinski definition) is 6. The molecule has 1 aliphatic rings. The number of carbonyl (C=O) groups is 1. The first-order chi connectivity index (χ1) is 12.5. The van der Waals surface area contributed by atoms with Crippen molar-refractivity contribution in [2.24, 2.45) is 0 Å². The van der Waals surface area contributed by atoms with Crippen LogP contribution in [0.5, 0.6) is 0 Å². The van der Waals surface area contributed by atoms with Gasteiger partial charge in [0.15, 0.2) is 0 Å². The van der Waals surface area contributed by atoms with Gasteiger partial charge < -0.3 is 10.6 Å². The predicted octanol–water partition coefficient (Wildman–Crippen LogP) is 1.09. The first-order valence-corrected chi connectivity index (χ1v) is 10.8. The Morgan fingerprint density at radius 3 is 2.48 bits per heavy atom. The molecule has 0 atom stereocenters. The van der Waals surface area contributed by atoms with Gasteiger partial charge in [0.1, 0.15) is 5.69 Å². The molecule has 2 N–H and O–H groups in total. The highest BCUT2D eigenvalue weighted by molar-refractivity contribution is 7.88. The van der Waals surface area contributed by atoms with E-state index in [4.69, 9.17) is 0 Å². The van der Waals surface area contributed by atoms with Gasteiger partial charge in [0.2, 0.25) is 16.0 Å². The van der Waals surface area contributed by atoms with Gasteiger partial charge in [-0.25, -0.2) is 22.2 Å². The molecule has 3 heterocycles. The lowest BCUT2D eigenvalue weighted by atomic mass is 10.1. The smallest absolute Gasteiger partial charge is 0.270 e. The van der Waals surface area contributed by atoms with Crippen LogP contribution in [0.15, 0.2) is 18.3 Å². The van der Waals surface area contributed by atoms with Gasteiger partial charge in [0.25, 0.3) is 5.91 Å². The molecular formula is C17H26N6O3S. The molecule has 0 bridgehead atoms. The largest absolute Gasteiger partial charge is 0.350 e. The van der Waals surface area contributed by atoms with E-state index in [0.717, 1.165) is 5.52 Å². The van der Waals surface area contributed by atoms with Crippen molar-refractivity contribution in [2.45, 2.75) is 45.2 Å². The highest BCUT2D eigenvalue weighted by atomic mass is 32.2. The molecule has 0 aliphatic carbocycles. The molecule has 1 amide bonds. The molecule has 0 saturated carbocycles. The van der Waals surface area contributed by atoms with Crippen molar-refractivity contribution < 1.29 is 13.2 Å². The van der Waals surface area contributed by atoms with Crippen LogP contribution in [0, 0.1) is 0 Å². The predicted molar refractivity (Wildman–Crippen MR) is 103 cm³/mol. The summed E-state index contributed by atoms with van der Waals surface area (Å²) in [5.41, 5.74) is 0.826. The summed E-state index contributed by atoms with van der Waals surface area (Å²) in [5.74, 6) is 0.218. The van der Waals surface area contributed by atoms with Crippen molar-refractivity contribution in [2.75, 3.05) is 24.7 Å². The maximum absolute atomic E-state index is 12.5. The van der Waals surface area contributed by atoms with Gasteiger partial charge >= 0.3 is 0 Å². The Hall–Kier alpha value is -2.20. The Bertz CT molecular complexity index is 939. The van der Waals surface area contributed by atoms with Crippen LogP contribution in [0.4, 0.5) is 5.95 Å². The standard InChI is InChI=1S/C17H26N6O3S/c1-17(2,3)20-15(24)14-6-5-13-11-18-16(21-23(13)14)19-12-7-9-22(10-8-12)27(4,25)26/h5-6,11-12H,7-10H2,1-4H3,(H,19,21)(H,20,24). The second-order valence-corrected chi connectivity index (χ2v) is 9.90. The molecule has 3 rings (SSSR count). The van der Waals surface area contributed by atoms with Gasteiger partial charge in [-0.15, -0.1) is 5.10 Å². The molecule has 0 unspecified atom stereocenters. The van der Waals surface area contributed by atoms with Crippen LogP contribution in [0.2, 0.25) is 0 Å². The fraction of sp³-hybridized carbons (Fsp3) is 0.588. The third-order valence-electron chi connectivity index (χ3n) is 4.38. The topological polar surface area (TPSA) is 109 Å². The average molecular weight is 395 g/mol. The molecule has 0 radical (unpaired) electrons. The number of aromatic nitrogens is 3. The number of nitrogens with zero attached hydrogens (tertiary/aromatic N) is 4. The minimum Gasteiger partial charge on any atom is -0.350 e. The quantitative estimate of drug-likeness (QED) is 0.804. The van der Waals surface area contributed by atoms with E-state index in [0.29, 0.717) is 37.6 Å². The Labute approximate surface area is 159 Å². The summed E-state index contributed by atoms with van der Waals surface area (Å²) in [7, 11) is -3.15. The molecule has 148 valence electrons. The van der Waals surface area contributed by atoms with E-state index < -0.39 is 10.0 Å². The van der Waals surface area contributed by atoms with Crippen LogP contribution in [-0.2, 0) is 10.0 Å². The number of carbonyl (C=O) groups excluding carboxylic acids is 1. The zero-order valence-corrected chi connectivity index (χ0v) is 16.9. The third kappa shape index (κ3) is 4.75. The molecule has 10 heteroatoms. The second kappa shape index (κ2) is 7.08. The summed E-state index contributed by atoms with van der Waals surface area (Å²) in [6.07, 6.45) is 4.25. The summed E-state index contributed by atoms with van der Waals surface area (Å²) >= 11 is 0. The molecule has 1 fully saturated rings. The lowest BCUT2D eigenvalue weighted by Gasteiger charge is -2.30. The average Bonchev–Trinajstić information content (AvgIpc) is 2.96. The van der Waals surface area contributed by atoms with E-state index >= 15 is 0 Å². The first-order valence-electron chi connectivity index (χ1n) is 8.92. The Kier molecular flexibility index (Phi) is 5.13. The van der Waals surface area contributed by atoms with Crippen LogP contribution in [0.25, 0.3) is 5.52 Å². The maximum Gasteiger partial charge on any atom is 0.270 e. The van der Waals surface area contributed by atoms with E-state index in [1.165, 1.54) is 10.6 Å². The van der Waals surface area contributed by atoms with E-state index in [9.17, 15) is 13.2 Å². The van der Waals surface area contributed by atoms with Gasteiger partial charge in [-0.05, 0) is 45.7 Å². The molecular weight excluding hydrogens is 368 g/mol. The van der Waals surface area contributed by atoms with Gasteiger partial charge in [-0.3, -0.25) is 4.79 Å². The molecule has 0 aromatic carbocycles. The fourth-order valence-electron chi connectivity index (χ4n) is 3.06. The first kappa shape index (κ1) is 19.6. The molecule has 9 nitrogen and oxygen atoms in total. The summed E-state index contributed by atoms with van der Waals surface area (Å²) in [5, 5.41) is 10.6. The molecule has 1 saturated heterocycles. The normalized spacial score (nSPS) is 17.2. The fourth-order valence-corrected chi connectivity index (χ4v) is 3.93. The van der Waals surface area contributed by atoms with Crippen molar-refractivity contribution in [3.05, 3.63) is 24.0 Å². The highest BCUT2D eigenvalue weighted by Gasteiger charge is 2.25. The monoisotopic (exact) mass is 394 g/mol. The molecule has 27 heavy (non-hydrogen) atoms. The van der Waals surface area contributed by atoms with Crippen LogP contribution in [-0.4, -0.2) is 64.2 Å². The van der Waals surface area contributed by atoms with E-state index in [1.807, 2.05) is 20.8 Å². The number of nitrogens with one attached hydrogen (secondary N) is 2. The zero-order valence-electron chi connectivity index (χ0n) is 16.1. The van der Waals surface area contributed by atoms with Crippen molar-refractivity contribution in [3.63, 3.8) is 0 Å². The van der Waals surface area contributed by atoms with Crippen LogP contribution in [0.3, 0.4) is 0 Å². The number of rotatable bonds is 4. The summed E-state index contributed by atoms with van der Waals surface area (Å²) in [6, 6.07) is 3.61. The highest BCUT2D eigenvalue weighted by Crippen LogP contribution is 2.17. The molecule has 2 aromatic rings. The number of hydrogen-bond donors (Lipinski definition) is 2. The van der Waals surface area contributed by atoms with Crippen LogP contribution >= 0.6 is 0 Å². The number of fused-ring (bicyclic) bond motifs is 1. The molecule has 2 aromatic heterocycles. The zero-order chi connectivity index (χ0) is 19.8. The Morgan fingerprint density at radius 1 is 1.22 bits per heavy atom. The van der Waals surface area contributed by atoms with E-state index in [-0.39, 0.29) is 17.5 Å². The van der Waals surface area contributed by atoms with Crippen molar-refractivity contribution in [3.8, 4) is 0 Å². The van der Waals surface area contributed by atoms with Gasteiger partial charge in [-0.2, -0.15) is 0 Å². The summed E-state index contributed by atoms with van der Waals surface area (Å²) in [6.45, 7) is 6.71. The Balaban J connectivity index is 1.73. The number of sulfonamides is 1. The van der Waals surface area contributed by atoms with Crippen molar-refractivity contribution in [1.29, 1.82) is 0 Å². The van der Waals surface area contributed by atoms with Crippen LogP contribution < -0.4 is 10.6 Å². The van der Waals surface area contributed by atoms with Crippen LogP contribution in [0.1, 0.15) is 44.1 Å². The summed E-state index contributed by atoms with van der Waals surface area (Å²) < 4.78 is 26.3. The third-order valence-corrected chi connectivity index (χ3v) is 5.68. The van der Waals surface area contributed by atoms with Gasteiger partial charge in [0.05, 0.1) is 18.0 Å². The minimum atomic E-state index is -3.15. The van der Waals surface area contributed by atoms with E-state index in [2.05, 4.69) is 20.7 Å². The van der Waals surface area contributed by atoms with Crippen molar-refractivity contribution >= 4 is 27.4 Å². The number of anilines is 1. The lowest BCUT2D eigenvalue weighted by Crippen LogP contribution is -2.42. The van der Waals surface area contributed by atoms with E-state index in [1.54, 1.807) is 22.8 Å². The van der Waals surface area contributed by atoms with Gasteiger partial charge in [0, 0.05) is 24.7 Å². The minimum absolute atomic E-state index is 0.0860. The SMILES string of the molecule is CC(C)(C)NC(=O)c1ccc2cnc(NC3CCN(S(C)(=O)=O)CC3)nn12. The Morgan fingerprint density at radius 2 is 1.89 bits per heavy atom.